The van der Waals surface area contributed by atoms with Crippen molar-refractivity contribution in [1.29, 1.82) is 5.26 Å². The SMILES string of the molecule is N#Cc1c(C(F)(F)F)cc(-c2cccs2)nc1SCC(=O)N1CCc2sccc2C1. The van der Waals surface area contributed by atoms with Gasteiger partial charge in [-0.1, -0.05) is 17.8 Å². The van der Waals surface area contributed by atoms with Crippen LogP contribution in [-0.2, 0) is 23.9 Å². The Morgan fingerprint density at radius 3 is 2.83 bits per heavy atom. The van der Waals surface area contributed by atoms with Crippen LogP contribution < -0.4 is 0 Å². The maximum Gasteiger partial charge on any atom is 0.417 e. The molecule has 1 amide bonds. The number of amides is 1. The monoisotopic (exact) mass is 465 g/mol. The Labute approximate surface area is 183 Å². The van der Waals surface area contributed by atoms with Gasteiger partial charge in [-0.25, -0.2) is 4.98 Å². The summed E-state index contributed by atoms with van der Waals surface area (Å²) in [7, 11) is 0. The summed E-state index contributed by atoms with van der Waals surface area (Å²) in [6, 6.07) is 7.91. The number of hydrogen-bond donors (Lipinski definition) is 0. The van der Waals surface area contributed by atoms with E-state index in [2.05, 4.69) is 4.98 Å². The van der Waals surface area contributed by atoms with Crippen molar-refractivity contribution < 1.29 is 18.0 Å². The second-order valence-corrected chi connectivity index (χ2v) is 9.46. The summed E-state index contributed by atoms with van der Waals surface area (Å²) >= 11 is 3.81. The van der Waals surface area contributed by atoms with Crippen molar-refractivity contribution >= 4 is 40.3 Å². The molecule has 10 heteroatoms. The Morgan fingerprint density at radius 2 is 2.13 bits per heavy atom. The van der Waals surface area contributed by atoms with E-state index in [9.17, 15) is 23.2 Å². The molecule has 0 saturated heterocycles. The lowest BCUT2D eigenvalue weighted by Crippen LogP contribution is -2.36. The normalized spacial score (nSPS) is 13.7. The molecule has 0 radical (unpaired) electrons. The molecule has 0 aromatic carbocycles. The highest BCUT2D eigenvalue weighted by Crippen LogP contribution is 2.38. The van der Waals surface area contributed by atoms with Gasteiger partial charge in [0.25, 0.3) is 0 Å². The number of thiophene rings is 2. The smallest absolute Gasteiger partial charge is 0.337 e. The number of fused-ring (bicyclic) bond motifs is 1. The van der Waals surface area contributed by atoms with E-state index >= 15 is 0 Å². The van der Waals surface area contributed by atoms with Crippen molar-refractivity contribution in [1.82, 2.24) is 9.88 Å². The number of carbonyl (C=O) groups is 1. The first-order valence-electron chi connectivity index (χ1n) is 8.89. The molecule has 30 heavy (non-hydrogen) atoms. The lowest BCUT2D eigenvalue weighted by molar-refractivity contribution is -0.138. The molecule has 0 bridgehead atoms. The number of nitrogens with zero attached hydrogens (tertiary/aromatic N) is 3. The van der Waals surface area contributed by atoms with Gasteiger partial charge in [-0.15, -0.1) is 22.7 Å². The topological polar surface area (TPSA) is 57.0 Å². The molecule has 0 saturated carbocycles. The largest absolute Gasteiger partial charge is 0.417 e. The van der Waals surface area contributed by atoms with Gasteiger partial charge < -0.3 is 4.90 Å². The minimum Gasteiger partial charge on any atom is -0.337 e. The fourth-order valence-corrected chi connectivity index (χ4v) is 5.67. The predicted molar refractivity (Wildman–Crippen MR) is 111 cm³/mol. The van der Waals surface area contributed by atoms with Crippen LogP contribution in [0.15, 0.2) is 40.1 Å². The molecule has 154 valence electrons. The van der Waals surface area contributed by atoms with Gasteiger partial charge in [0.2, 0.25) is 5.91 Å². The molecule has 0 fully saturated rings. The van der Waals surface area contributed by atoms with Crippen molar-refractivity contribution in [3.63, 3.8) is 0 Å². The molecule has 0 spiro atoms. The number of carbonyl (C=O) groups excluding carboxylic acids is 1. The van der Waals surface area contributed by atoms with Crippen LogP contribution in [0, 0.1) is 11.3 Å². The van der Waals surface area contributed by atoms with Crippen LogP contribution in [-0.4, -0.2) is 28.1 Å². The van der Waals surface area contributed by atoms with E-state index in [1.165, 1.54) is 16.2 Å². The van der Waals surface area contributed by atoms with Crippen molar-refractivity contribution in [3.05, 3.63) is 56.6 Å². The van der Waals surface area contributed by atoms with Gasteiger partial charge in [0.15, 0.2) is 0 Å². The number of hydrogen-bond acceptors (Lipinski definition) is 6. The highest BCUT2D eigenvalue weighted by Gasteiger charge is 2.36. The maximum atomic E-state index is 13.6. The van der Waals surface area contributed by atoms with Gasteiger partial charge in [-0.05, 0) is 40.9 Å². The van der Waals surface area contributed by atoms with Crippen LogP contribution in [0.5, 0.6) is 0 Å². The van der Waals surface area contributed by atoms with Crippen LogP contribution in [0.4, 0.5) is 13.2 Å². The maximum absolute atomic E-state index is 13.6. The van der Waals surface area contributed by atoms with Crippen LogP contribution in [0.1, 0.15) is 21.6 Å². The Kier molecular flexibility index (Phi) is 5.86. The van der Waals surface area contributed by atoms with Gasteiger partial charge in [0.1, 0.15) is 11.1 Å². The summed E-state index contributed by atoms with van der Waals surface area (Å²) < 4.78 is 40.7. The molecule has 4 nitrogen and oxygen atoms in total. The molecule has 3 aromatic rings. The molecular formula is C20H14F3N3OS3. The molecule has 0 atom stereocenters. The third kappa shape index (κ3) is 4.24. The molecular weight excluding hydrogens is 451 g/mol. The average molecular weight is 466 g/mol. The lowest BCUT2D eigenvalue weighted by Gasteiger charge is -2.27. The number of pyridine rings is 1. The second kappa shape index (κ2) is 8.41. The fourth-order valence-electron chi connectivity index (χ4n) is 3.19. The van der Waals surface area contributed by atoms with Gasteiger partial charge in [-0.3, -0.25) is 4.79 Å². The number of alkyl halides is 3. The minimum atomic E-state index is -4.69. The number of nitriles is 1. The van der Waals surface area contributed by atoms with Crippen molar-refractivity contribution in [3.8, 4) is 16.6 Å². The lowest BCUT2D eigenvalue weighted by atomic mass is 10.1. The molecule has 1 aliphatic rings. The molecule has 4 rings (SSSR count). The summed E-state index contributed by atoms with van der Waals surface area (Å²) in [4.78, 5) is 20.5. The summed E-state index contributed by atoms with van der Waals surface area (Å²) in [6.07, 6.45) is -3.92. The molecule has 0 N–H and O–H groups in total. The van der Waals surface area contributed by atoms with E-state index in [0.717, 1.165) is 29.8 Å². The van der Waals surface area contributed by atoms with E-state index in [4.69, 9.17) is 0 Å². The third-order valence-corrected chi connectivity index (χ3v) is 7.55. The zero-order valence-corrected chi connectivity index (χ0v) is 17.9. The van der Waals surface area contributed by atoms with Crippen LogP contribution in [0.3, 0.4) is 0 Å². The van der Waals surface area contributed by atoms with Gasteiger partial charge in [0.05, 0.1) is 27.5 Å². The Morgan fingerprint density at radius 1 is 1.30 bits per heavy atom. The zero-order valence-electron chi connectivity index (χ0n) is 15.4. The van der Waals surface area contributed by atoms with Crippen molar-refractivity contribution in [2.24, 2.45) is 0 Å². The number of thioether (sulfide) groups is 1. The summed E-state index contributed by atoms with van der Waals surface area (Å²) in [6.45, 7) is 1.08. The van der Waals surface area contributed by atoms with E-state index in [1.54, 1.807) is 39.8 Å². The van der Waals surface area contributed by atoms with Crippen LogP contribution in [0.2, 0.25) is 0 Å². The molecule has 1 aliphatic heterocycles. The summed E-state index contributed by atoms with van der Waals surface area (Å²) in [5, 5.41) is 13.1. The van der Waals surface area contributed by atoms with E-state index in [-0.39, 0.29) is 22.4 Å². The number of rotatable bonds is 4. The minimum absolute atomic E-state index is 0.0719. The van der Waals surface area contributed by atoms with Crippen LogP contribution in [0.25, 0.3) is 10.6 Å². The zero-order chi connectivity index (χ0) is 21.3. The fraction of sp³-hybridized carbons (Fsp3) is 0.250. The average Bonchev–Trinajstić information content (AvgIpc) is 3.41. The summed E-state index contributed by atoms with van der Waals surface area (Å²) in [5.74, 6) is -0.260. The van der Waals surface area contributed by atoms with Crippen LogP contribution >= 0.6 is 34.4 Å². The first kappa shape index (κ1) is 20.9. The predicted octanol–water partition coefficient (Wildman–Crippen LogP) is 5.44. The van der Waals surface area contributed by atoms with Gasteiger partial charge in [0, 0.05) is 18.0 Å². The van der Waals surface area contributed by atoms with Crippen molar-refractivity contribution in [2.45, 2.75) is 24.2 Å². The highest BCUT2D eigenvalue weighted by atomic mass is 32.2. The second-order valence-electron chi connectivity index (χ2n) is 6.55. The Hall–Kier alpha value is -2.35. The van der Waals surface area contributed by atoms with E-state index in [0.29, 0.717) is 18.0 Å². The van der Waals surface area contributed by atoms with Gasteiger partial charge in [-0.2, -0.15) is 18.4 Å². The van der Waals surface area contributed by atoms with Crippen molar-refractivity contribution in [2.75, 3.05) is 12.3 Å². The number of halogens is 3. The molecule has 0 unspecified atom stereocenters. The molecule has 4 heterocycles. The molecule has 0 aliphatic carbocycles. The Balaban J connectivity index is 1.59. The first-order chi connectivity index (χ1) is 14.4. The van der Waals surface area contributed by atoms with Gasteiger partial charge >= 0.3 is 6.18 Å². The molecule has 3 aromatic heterocycles. The highest BCUT2D eigenvalue weighted by molar-refractivity contribution is 8.00. The third-order valence-electron chi connectivity index (χ3n) is 4.67. The quantitative estimate of drug-likeness (QED) is 0.482. The number of aromatic nitrogens is 1. The Bertz CT molecular complexity index is 1120. The summed E-state index contributed by atoms with van der Waals surface area (Å²) in [5.41, 5.74) is -0.315. The first-order valence-corrected chi connectivity index (χ1v) is 11.6. The van der Waals surface area contributed by atoms with E-state index < -0.39 is 17.3 Å². The standard InChI is InChI=1S/C20H14F3N3OS3/c21-20(22,23)14-8-15(17-2-1-6-28-17)25-19(13(14)9-24)30-11-18(27)26-5-3-16-12(10-26)4-7-29-16/h1-2,4,6-8H,3,5,10-11H2. The van der Waals surface area contributed by atoms with E-state index in [1.807, 2.05) is 11.4 Å².